The van der Waals surface area contributed by atoms with Crippen molar-refractivity contribution in [2.75, 3.05) is 6.61 Å². The van der Waals surface area contributed by atoms with E-state index in [0.29, 0.717) is 6.42 Å². The van der Waals surface area contributed by atoms with E-state index in [-0.39, 0.29) is 17.1 Å². The van der Waals surface area contributed by atoms with Crippen LogP contribution >= 0.6 is 0 Å². The summed E-state index contributed by atoms with van der Waals surface area (Å²) in [6.45, 7) is 3.20. The van der Waals surface area contributed by atoms with Crippen molar-refractivity contribution in [3.63, 3.8) is 0 Å². The van der Waals surface area contributed by atoms with Gasteiger partial charge in [-0.1, -0.05) is 6.08 Å². The Morgan fingerprint density at radius 1 is 1.56 bits per heavy atom. The third kappa shape index (κ3) is 1.54. The molecule has 86 valence electrons. The number of hydrogen-bond donors (Lipinski definition) is 1. The number of aliphatic hydroxyl groups is 1. The first-order chi connectivity index (χ1) is 7.65. The summed E-state index contributed by atoms with van der Waals surface area (Å²) in [5.41, 5.74) is -0.801. The topological polar surface area (TPSA) is 66.9 Å². The number of ketones is 2. The van der Waals surface area contributed by atoms with E-state index in [1.807, 2.05) is 0 Å². The summed E-state index contributed by atoms with van der Waals surface area (Å²) in [6, 6.07) is 0. The molecule has 0 radical (unpaired) electrons. The highest BCUT2D eigenvalue weighted by atomic mass is 16.6. The molecule has 1 aliphatic carbocycles. The normalized spacial score (nSPS) is 32.1. The minimum atomic E-state index is -0.965. The van der Waals surface area contributed by atoms with E-state index >= 15 is 0 Å². The molecule has 4 heteroatoms. The lowest BCUT2D eigenvalue weighted by atomic mass is 9.83. The average Bonchev–Trinajstić information content (AvgIpc) is 3.01. The number of rotatable bonds is 5. The summed E-state index contributed by atoms with van der Waals surface area (Å²) in [5.74, 6) is -0.439. The lowest BCUT2D eigenvalue weighted by Gasteiger charge is -2.15. The highest BCUT2D eigenvalue weighted by molar-refractivity contribution is 6.18. The second kappa shape index (κ2) is 3.96. The van der Waals surface area contributed by atoms with Gasteiger partial charge >= 0.3 is 0 Å². The van der Waals surface area contributed by atoms with Crippen molar-refractivity contribution in [1.82, 2.24) is 0 Å². The largest absolute Gasteiger partial charge is 0.392 e. The van der Waals surface area contributed by atoms with Gasteiger partial charge in [0.15, 0.2) is 23.3 Å². The molecule has 0 aromatic rings. The molecule has 0 bridgehead atoms. The molecular formula is C12H14O4. The van der Waals surface area contributed by atoms with Gasteiger partial charge in [-0.3, -0.25) is 9.59 Å². The minimum absolute atomic E-state index is 0.164. The number of unbranched alkanes of at least 4 members (excludes halogenated alkanes) is 1. The molecule has 0 saturated carbocycles. The fourth-order valence-electron chi connectivity index (χ4n) is 2.15. The SMILES string of the molecule is C=CCCC[C@]12O[C@H]1C(=O)C=C(CO)C2=O. The van der Waals surface area contributed by atoms with Crippen molar-refractivity contribution in [2.24, 2.45) is 0 Å². The maximum atomic E-state index is 11.9. The monoisotopic (exact) mass is 222 g/mol. The maximum Gasteiger partial charge on any atom is 0.196 e. The second-order valence-corrected chi connectivity index (χ2v) is 4.13. The molecule has 2 aliphatic rings. The van der Waals surface area contributed by atoms with Crippen LogP contribution < -0.4 is 0 Å². The van der Waals surface area contributed by atoms with E-state index in [4.69, 9.17) is 9.84 Å². The number of ether oxygens (including phenoxy) is 1. The number of epoxide rings is 1. The van der Waals surface area contributed by atoms with Crippen LogP contribution in [0.25, 0.3) is 0 Å². The number of carbonyl (C=O) groups excluding carboxylic acids is 2. The number of allylic oxidation sites excluding steroid dienone is 1. The summed E-state index contributed by atoms with van der Waals surface area (Å²) in [5, 5.41) is 8.99. The van der Waals surface area contributed by atoms with Crippen LogP contribution in [0.3, 0.4) is 0 Å². The van der Waals surface area contributed by atoms with Crippen molar-refractivity contribution in [2.45, 2.75) is 31.0 Å². The van der Waals surface area contributed by atoms with Gasteiger partial charge in [-0.25, -0.2) is 0 Å². The number of aliphatic hydroxyl groups excluding tert-OH is 1. The molecular weight excluding hydrogens is 208 g/mol. The molecule has 16 heavy (non-hydrogen) atoms. The van der Waals surface area contributed by atoms with Gasteiger partial charge in [0, 0.05) is 5.57 Å². The van der Waals surface area contributed by atoms with Gasteiger partial charge < -0.3 is 9.84 Å². The zero-order valence-corrected chi connectivity index (χ0v) is 8.94. The van der Waals surface area contributed by atoms with Crippen molar-refractivity contribution >= 4 is 11.6 Å². The van der Waals surface area contributed by atoms with Gasteiger partial charge in [-0.15, -0.1) is 6.58 Å². The predicted octanol–water partition coefficient (Wildman–Crippen LogP) is 0.551. The van der Waals surface area contributed by atoms with Crippen LogP contribution in [0, 0.1) is 0 Å². The molecule has 1 saturated heterocycles. The van der Waals surface area contributed by atoms with Crippen molar-refractivity contribution in [3.8, 4) is 0 Å². The molecule has 0 aromatic carbocycles. The van der Waals surface area contributed by atoms with Crippen LogP contribution in [0.5, 0.6) is 0 Å². The summed E-state index contributed by atoms with van der Waals surface area (Å²) in [7, 11) is 0. The number of Topliss-reactive ketones (excluding diaryl/α,β-unsaturated/α-hetero) is 1. The molecule has 4 nitrogen and oxygen atoms in total. The van der Waals surface area contributed by atoms with Crippen LogP contribution in [0.2, 0.25) is 0 Å². The molecule has 1 fully saturated rings. The Morgan fingerprint density at radius 2 is 2.31 bits per heavy atom. The lowest BCUT2D eigenvalue weighted by Crippen LogP contribution is -2.36. The minimum Gasteiger partial charge on any atom is -0.392 e. The van der Waals surface area contributed by atoms with Gasteiger partial charge in [-0.05, 0) is 25.3 Å². The zero-order chi connectivity index (χ0) is 11.8. The average molecular weight is 222 g/mol. The highest BCUT2D eigenvalue weighted by Crippen LogP contribution is 2.46. The zero-order valence-electron chi connectivity index (χ0n) is 8.94. The van der Waals surface area contributed by atoms with Gasteiger partial charge in [0.2, 0.25) is 0 Å². The smallest absolute Gasteiger partial charge is 0.196 e. The van der Waals surface area contributed by atoms with E-state index in [0.717, 1.165) is 12.8 Å². The van der Waals surface area contributed by atoms with Crippen LogP contribution in [0.15, 0.2) is 24.3 Å². The van der Waals surface area contributed by atoms with E-state index in [1.54, 1.807) is 6.08 Å². The standard InChI is InChI=1S/C12H14O4/c1-2-3-4-5-12-10(15)8(7-13)6-9(14)11(12)16-12/h2,6,11,13H,1,3-5,7H2/t11-,12+/m0/s1. The van der Waals surface area contributed by atoms with Gasteiger partial charge in [0.25, 0.3) is 0 Å². The third-order valence-electron chi connectivity index (χ3n) is 3.07. The van der Waals surface area contributed by atoms with E-state index in [9.17, 15) is 9.59 Å². The number of fused-ring (bicyclic) bond motifs is 1. The van der Waals surface area contributed by atoms with E-state index in [1.165, 1.54) is 6.08 Å². The van der Waals surface area contributed by atoms with Crippen LogP contribution in [0.4, 0.5) is 0 Å². The molecule has 1 aliphatic heterocycles. The summed E-state index contributed by atoms with van der Waals surface area (Å²) in [6.07, 6.45) is 4.43. The first-order valence-electron chi connectivity index (χ1n) is 5.34. The molecule has 0 amide bonds. The molecule has 0 aromatic heterocycles. The Kier molecular flexibility index (Phi) is 2.78. The second-order valence-electron chi connectivity index (χ2n) is 4.13. The molecule has 1 N–H and O–H groups in total. The molecule has 1 heterocycles. The molecule has 0 spiro atoms. The van der Waals surface area contributed by atoms with Gasteiger partial charge in [0.1, 0.15) is 0 Å². The first-order valence-corrected chi connectivity index (χ1v) is 5.34. The van der Waals surface area contributed by atoms with Crippen LogP contribution in [-0.4, -0.2) is 35.0 Å². The first kappa shape index (κ1) is 11.2. The Bertz CT molecular complexity index is 382. The number of carbonyl (C=O) groups is 2. The van der Waals surface area contributed by atoms with Gasteiger partial charge in [0.05, 0.1) is 6.61 Å². The quantitative estimate of drug-likeness (QED) is 0.419. The van der Waals surface area contributed by atoms with Crippen molar-refractivity contribution in [1.29, 1.82) is 0 Å². The van der Waals surface area contributed by atoms with Crippen molar-refractivity contribution in [3.05, 3.63) is 24.3 Å². The molecule has 2 atom stereocenters. The van der Waals surface area contributed by atoms with Crippen LogP contribution in [-0.2, 0) is 14.3 Å². The highest BCUT2D eigenvalue weighted by Gasteiger charge is 2.66. The van der Waals surface area contributed by atoms with E-state index < -0.39 is 18.3 Å². The fourth-order valence-corrected chi connectivity index (χ4v) is 2.15. The molecule has 0 unspecified atom stereocenters. The third-order valence-corrected chi connectivity index (χ3v) is 3.07. The molecule has 2 rings (SSSR count). The lowest BCUT2D eigenvalue weighted by molar-refractivity contribution is -0.123. The predicted molar refractivity (Wildman–Crippen MR) is 56.8 cm³/mol. The Morgan fingerprint density at radius 3 is 2.94 bits per heavy atom. The van der Waals surface area contributed by atoms with E-state index in [2.05, 4.69) is 6.58 Å². The Balaban J connectivity index is 2.13. The number of hydrogen-bond acceptors (Lipinski definition) is 4. The maximum absolute atomic E-state index is 11.9. The summed E-state index contributed by atoms with van der Waals surface area (Å²) >= 11 is 0. The summed E-state index contributed by atoms with van der Waals surface area (Å²) in [4.78, 5) is 23.4. The fraction of sp³-hybridized carbons (Fsp3) is 0.500. The van der Waals surface area contributed by atoms with Crippen LogP contribution in [0.1, 0.15) is 19.3 Å². The van der Waals surface area contributed by atoms with Crippen molar-refractivity contribution < 1.29 is 19.4 Å². The Hall–Kier alpha value is -1.26. The Labute approximate surface area is 93.6 Å². The summed E-state index contributed by atoms with van der Waals surface area (Å²) < 4.78 is 5.27. The van der Waals surface area contributed by atoms with Gasteiger partial charge in [-0.2, -0.15) is 0 Å².